The Hall–Kier alpha value is -5.47. The van der Waals surface area contributed by atoms with Gasteiger partial charge in [-0.05, 0) is 62.0 Å². The van der Waals surface area contributed by atoms with Gasteiger partial charge in [0, 0.05) is 20.0 Å². The number of carbonyl (C=O) groups excluding carboxylic acids is 6. The Balaban J connectivity index is 2.00. The molecule has 7 amide bonds. The molecule has 15 heteroatoms. The Morgan fingerprint density at radius 3 is 2.02 bits per heavy atom. The highest BCUT2D eigenvalue weighted by molar-refractivity contribution is 5.96. The van der Waals surface area contributed by atoms with Crippen molar-refractivity contribution in [2.24, 2.45) is 11.8 Å². The molecule has 0 aromatic heterocycles. The number of amides is 7. The zero-order chi connectivity index (χ0) is 42.1. The van der Waals surface area contributed by atoms with E-state index in [0.29, 0.717) is 32.1 Å². The molecule has 312 valence electrons. The molecule has 0 spiro atoms. The van der Waals surface area contributed by atoms with Crippen molar-refractivity contribution in [2.75, 3.05) is 13.6 Å². The summed E-state index contributed by atoms with van der Waals surface area (Å²) in [5.74, 6) is -4.82. The van der Waals surface area contributed by atoms with Crippen LogP contribution in [0.25, 0.3) is 0 Å². The van der Waals surface area contributed by atoms with Crippen molar-refractivity contribution in [1.29, 1.82) is 0 Å². The molecule has 7 N–H and O–H groups in total. The van der Waals surface area contributed by atoms with Gasteiger partial charge in [0.05, 0.1) is 0 Å². The van der Waals surface area contributed by atoms with E-state index in [-0.39, 0.29) is 25.8 Å². The van der Waals surface area contributed by atoms with Crippen molar-refractivity contribution in [3.05, 3.63) is 71.8 Å². The Labute approximate surface area is 335 Å². The number of urea groups is 1. The fourth-order valence-corrected chi connectivity index (χ4v) is 6.50. The van der Waals surface area contributed by atoms with Gasteiger partial charge >= 0.3 is 12.0 Å². The molecule has 1 aliphatic heterocycles. The van der Waals surface area contributed by atoms with Gasteiger partial charge in [-0.3, -0.25) is 24.0 Å². The summed E-state index contributed by atoms with van der Waals surface area (Å²) in [7, 11) is 1.47. The van der Waals surface area contributed by atoms with Gasteiger partial charge in [0.15, 0.2) is 0 Å². The fraction of sp³-hybridized carbons (Fsp3) is 0.548. The lowest BCUT2D eigenvalue weighted by molar-refractivity contribution is -0.142. The number of carboxylic acid groups (broad SMARTS) is 1. The highest BCUT2D eigenvalue weighted by Crippen LogP contribution is 2.15. The summed E-state index contributed by atoms with van der Waals surface area (Å²) >= 11 is 0. The van der Waals surface area contributed by atoms with E-state index < -0.39 is 89.6 Å². The average molecular weight is 792 g/mol. The van der Waals surface area contributed by atoms with Crippen LogP contribution in [-0.2, 0) is 41.6 Å². The molecule has 1 fully saturated rings. The molecular formula is C42H61N7O8. The lowest BCUT2D eigenvalue weighted by Gasteiger charge is -2.32. The zero-order valence-corrected chi connectivity index (χ0v) is 34.0. The Morgan fingerprint density at radius 1 is 0.807 bits per heavy atom. The summed E-state index contributed by atoms with van der Waals surface area (Å²) in [5.41, 5.74) is 1.74. The first kappa shape index (κ1) is 45.9. The number of likely N-dealkylation sites (N-methyl/N-ethyl adjacent to an activating group) is 1. The molecule has 2 aromatic carbocycles. The molecular weight excluding hydrogens is 731 g/mol. The molecule has 1 aliphatic rings. The second kappa shape index (κ2) is 22.9. The first-order valence-corrected chi connectivity index (χ1v) is 20.0. The highest BCUT2D eigenvalue weighted by atomic mass is 16.4. The van der Waals surface area contributed by atoms with Gasteiger partial charge in [0.1, 0.15) is 36.3 Å². The minimum Gasteiger partial charge on any atom is -0.480 e. The van der Waals surface area contributed by atoms with Gasteiger partial charge in [-0.2, -0.15) is 0 Å². The van der Waals surface area contributed by atoms with Crippen molar-refractivity contribution < 1.29 is 38.7 Å². The number of hydrogen-bond donors (Lipinski definition) is 7. The summed E-state index contributed by atoms with van der Waals surface area (Å²) in [4.78, 5) is 96.0. The molecule has 8 atom stereocenters. The maximum Gasteiger partial charge on any atom is 0.326 e. The minimum atomic E-state index is -1.22. The molecule has 1 heterocycles. The van der Waals surface area contributed by atoms with Crippen LogP contribution < -0.4 is 31.9 Å². The standard InChI is InChI=1S/C42H61N7O8/c1-7-26(3)34-39(53)44-32(23-22-29-17-11-9-12-18-29)40(54)49(6)28(5)36(50)45-33(25-30-19-13-10-14-20-30)37(51)43-24-16-15-21-31(38(52)47-34)46-42(57)48-35(41(55)56)27(4)8-2/h9-14,17-20,26-28,31-35H,7-8,15-16,21-25H2,1-6H3,(H,43,51)(H,44,53)(H,45,50)(H,47,52)(H,55,56)(H2,46,48,57)/t26-,27-,28-,31+,32-,33+,34-,35-/m0/s1. The number of nitrogens with one attached hydrogen (secondary N) is 6. The Kier molecular flexibility index (Phi) is 18.5. The summed E-state index contributed by atoms with van der Waals surface area (Å²) < 4.78 is 0. The van der Waals surface area contributed by atoms with Gasteiger partial charge in [-0.1, -0.05) is 101 Å². The smallest absolute Gasteiger partial charge is 0.326 e. The van der Waals surface area contributed by atoms with E-state index in [1.54, 1.807) is 27.7 Å². The summed E-state index contributed by atoms with van der Waals surface area (Å²) in [6.45, 7) is 8.87. The second-order valence-corrected chi connectivity index (χ2v) is 15.0. The lowest BCUT2D eigenvalue weighted by Crippen LogP contribution is -2.60. The van der Waals surface area contributed by atoms with Gasteiger partial charge in [-0.25, -0.2) is 9.59 Å². The molecule has 0 unspecified atom stereocenters. The van der Waals surface area contributed by atoms with Crippen LogP contribution in [0.3, 0.4) is 0 Å². The van der Waals surface area contributed by atoms with Crippen LogP contribution in [0.4, 0.5) is 4.79 Å². The lowest BCUT2D eigenvalue weighted by atomic mass is 9.96. The summed E-state index contributed by atoms with van der Waals surface area (Å²) in [6.07, 6.45) is 2.58. The molecule has 1 saturated heterocycles. The van der Waals surface area contributed by atoms with Crippen molar-refractivity contribution in [3.63, 3.8) is 0 Å². The fourth-order valence-electron chi connectivity index (χ4n) is 6.50. The van der Waals surface area contributed by atoms with Gasteiger partial charge in [-0.15, -0.1) is 0 Å². The van der Waals surface area contributed by atoms with Gasteiger partial charge in [0.2, 0.25) is 29.5 Å². The van der Waals surface area contributed by atoms with E-state index in [1.807, 2.05) is 67.6 Å². The van der Waals surface area contributed by atoms with Gasteiger partial charge in [0.25, 0.3) is 0 Å². The number of rotatable bonds is 12. The number of carbonyl (C=O) groups is 7. The number of carboxylic acids is 1. The topological polar surface area (TPSA) is 215 Å². The number of aliphatic carboxylic acids is 1. The van der Waals surface area contributed by atoms with Crippen LogP contribution in [0, 0.1) is 11.8 Å². The average Bonchev–Trinajstić information content (AvgIpc) is 3.21. The van der Waals surface area contributed by atoms with Crippen LogP contribution in [0.2, 0.25) is 0 Å². The maximum atomic E-state index is 14.2. The third kappa shape index (κ3) is 14.2. The summed E-state index contributed by atoms with van der Waals surface area (Å²) in [5, 5.41) is 26.2. The van der Waals surface area contributed by atoms with Crippen LogP contribution in [0.15, 0.2) is 60.7 Å². The van der Waals surface area contributed by atoms with E-state index >= 15 is 0 Å². The highest BCUT2D eigenvalue weighted by Gasteiger charge is 2.36. The van der Waals surface area contributed by atoms with Crippen LogP contribution in [-0.4, -0.2) is 101 Å². The number of hydrogen-bond acceptors (Lipinski definition) is 7. The van der Waals surface area contributed by atoms with Crippen LogP contribution in [0.5, 0.6) is 0 Å². The van der Waals surface area contributed by atoms with Crippen molar-refractivity contribution >= 4 is 41.5 Å². The van der Waals surface area contributed by atoms with Crippen molar-refractivity contribution in [1.82, 2.24) is 36.8 Å². The maximum absolute atomic E-state index is 14.2. The van der Waals surface area contributed by atoms with Gasteiger partial charge < -0.3 is 41.9 Å². The quantitative estimate of drug-likeness (QED) is 0.169. The Morgan fingerprint density at radius 2 is 1.42 bits per heavy atom. The molecule has 2 aromatic rings. The molecule has 15 nitrogen and oxygen atoms in total. The molecule has 0 bridgehead atoms. The van der Waals surface area contributed by atoms with Crippen LogP contribution in [0.1, 0.15) is 84.3 Å². The molecule has 3 rings (SSSR count). The Bertz CT molecular complexity index is 1660. The molecule has 57 heavy (non-hydrogen) atoms. The van der Waals surface area contributed by atoms with E-state index in [2.05, 4.69) is 31.9 Å². The SMILES string of the molecule is CC[C@H](C)[C@H](NC(=O)N[C@@H]1CCCCNC(=O)[C@@H](Cc2ccccc2)NC(=O)[C@H](C)N(C)C(=O)[C@H](CCc2ccccc2)NC(=O)[C@H]([C@@H](C)CC)NC1=O)C(=O)O. The third-order valence-corrected chi connectivity index (χ3v) is 10.8. The summed E-state index contributed by atoms with van der Waals surface area (Å²) in [6, 6.07) is 11.2. The van der Waals surface area contributed by atoms with E-state index in [1.165, 1.54) is 11.9 Å². The second-order valence-electron chi connectivity index (χ2n) is 15.0. The molecule has 0 radical (unpaired) electrons. The zero-order valence-electron chi connectivity index (χ0n) is 34.0. The first-order chi connectivity index (χ1) is 27.2. The third-order valence-electron chi connectivity index (χ3n) is 10.8. The number of nitrogens with zero attached hydrogens (tertiary/aromatic N) is 1. The monoisotopic (exact) mass is 791 g/mol. The molecule has 0 aliphatic carbocycles. The first-order valence-electron chi connectivity index (χ1n) is 20.0. The minimum absolute atomic E-state index is 0.0930. The predicted molar refractivity (Wildman–Crippen MR) is 216 cm³/mol. The van der Waals surface area contributed by atoms with Crippen molar-refractivity contribution in [2.45, 2.75) is 122 Å². The number of aryl methyl sites for hydroxylation is 1. The molecule has 0 saturated carbocycles. The van der Waals surface area contributed by atoms with Crippen LogP contribution >= 0.6 is 0 Å². The van der Waals surface area contributed by atoms with Crippen molar-refractivity contribution in [3.8, 4) is 0 Å². The van der Waals surface area contributed by atoms with E-state index in [9.17, 15) is 38.7 Å². The van der Waals surface area contributed by atoms with E-state index in [4.69, 9.17) is 0 Å². The normalized spacial score (nSPS) is 23.5. The largest absolute Gasteiger partial charge is 0.480 e. The number of benzene rings is 2. The predicted octanol–water partition coefficient (Wildman–Crippen LogP) is 2.68. The van der Waals surface area contributed by atoms with E-state index in [0.717, 1.165) is 11.1 Å².